The zero-order valence-electron chi connectivity index (χ0n) is 20.6. The number of piperidine rings is 1. The summed E-state index contributed by atoms with van der Waals surface area (Å²) in [6.07, 6.45) is 4.06. The van der Waals surface area contributed by atoms with E-state index in [0.29, 0.717) is 11.8 Å². The molecule has 2 heterocycles. The maximum Gasteiger partial charge on any atom is 0.229 e. The lowest BCUT2D eigenvalue weighted by molar-refractivity contribution is -0.140. The Bertz CT molecular complexity index is 1070. The lowest BCUT2D eigenvalue weighted by Gasteiger charge is -2.39. The third kappa shape index (κ3) is 5.24. The minimum Gasteiger partial charge on any atom is -0.335 e. The van der Waals surface area contributed by atoms with Gasteiger partial charge in [0.15, 0.2) is 0 Å². The lowest BCUT2D eigenvalue weighted by Crippen LogP contribution is -2.45. The van der Waals surface area contributed by atoms with Gasteiger partial charge >= 0.3 is 0 Å². The molecule has 0 aliphatic carbocycles. The van der Waals surface area contributed by atoms with Crippen LogP contribution in [0.2, 0.25) is 0 Å². The summed E-state index contributed by atoms with van der Waals surface area (Å²) in [6.45, 7) is 6.14. The van der Waals surface area contributed by atoms with Gasteiger partial charge in [0, 0.05) is 16.9 Å². The molecule has 2 fully saturated rings. The van der Waals surface area contributed by atoms with Crippen LogP contribution in [0.1, 0.15) is 61.3 Å². The van der Waals surface area contributed by atoms with E-state index in [9.17, 15) is 4.79 Å². The molecule has 1 atom stereocenters. The van der Waals surface area contributed by atoms with Crippen molar-refractivity contribution < 1.29 is 4.79 Å². The van der Waals surface area contributed by atoms with Crippen LogP contribution in [0.15, 0.2) is 89.4 Å². The van der Waals surface area contributed by atoms with Crippen molar-refractivity contribution in [2.75, 3.05) is 26.2 Å². The van der Waals surface area contributed by atoms with Gasteiger partial charge in [-0.25, -0.2) is 0 Å². The van der Waals surface area contributed by atoms with Gasteiger partial charge in [-0.3, -0.25) is 4.79 Å². The van der Waals surface area contributed by atoms with Gasteiger partial charge in [0.1, 0.15) is 0 Å². The van der Waals surface area contributed by atoms with Crippen LogP contribution in [0.3, 0.4) is 0 Å². The number of likely N-dealkylation sites (tertiary alicyclic amines) is 2. The molecule has 3 nitrogen and oxygen atoms in total. The molecule has 2 aliphatic heterocycles. The molecule has 0 aromatic heterocycles. The van der Waals surface area contributed by atoms with E-state index in [1.165, 1.54) is 16.7 Å². The fraction of sp³-hybridized carbons (Fsp3) is 0.387. The molecule has 35 heavy (non-hydrogen) atoms. The highest BCUT2D eigenvalue weighted by Crippen LogP contribution is 2.44. The van der Waals surface area contributed by atoms with Gasteiger partial charge in [0.2, 0.25) is 5.91 Å². The molecule has 4 heteroatoms. The van der Waals surface area contributed by atoms with Crippen molar-refractivity contribution in [1.29, 1.82) is 0 Å². The Labute approximate surface area is 218 Å². The second-order valence-corrected chi connectivity index (χ2v) is 11.2. The van der Waals surface area contributed by atoms with Crippen molar-refractivity contribution in [3.05, 3.63) is 106 Å². The summed E-state index contributed by atoms with van der Waals surface area (Å²) in [5, 5.41) is 0. The highest BCUT2D eigenvalue weighted by molar-refractivity contribution is 9.10. The Hall–Kier alpha value is -2.43. The minimum atomic E-state index is -0.154. The van der Waals surface area contributed by atoms with E-state index in [4.69, 9.17) is 0 Å². The fourth-order valence-electron chi connectivity index (χ4n) is 6.02. The number of carbonyl (C=O) groups excluding carboxylic acids is 1. The van der Waals surface area contributed by atoms with Crippen LogP contribution < -0.4 is 0 Å². The molecule has 0 N–H and O–H groups in total. The number of carbonyl (C=O) groups is 1. The molecule has 1 unspecified atom stereocenters. The molecule has 3 aromatic rings. The van der Waals surface area contributed by atoms with Crippen LogP contribution in [-0.2, 0) is 4.79 Å². The largest absolute Gasteiger partial charge is 0.335 e. The average Bonchev–Trinajstić information content (AvgIpc) is 3.22. The molecule has 0 radical (unpaired) electrons. The van der Waals surface area contributed by atoms with Gasteiger partial charge in [-0.1, -0.05) is 88.7 Å². The maximum absolute atomic E-state index is 13.6. The topological polar surface area (TPSA) is 23.6 Å². The van der Waals surface area contributed by atoms with Crippen molar-refractivity contribution in [1.82, 2.24) is 9.80 Å². The minimum absolute atomic E-state index is 0.130. The number of halogens is 1. The molecule has 1 spiro atoms. The molecular weight excluding hydrogens is 496 g/mol. The summed E-state index contributed by atoms with van der Waals surface area (Å²) < 4.78 is 1.08. The average molecular weight is 532 g/mol. The van der Waals surface area contributed by atoms with E-state index in [-0.39, 0.29) is 11.5 Å². The van der Waals surface area contributed by atoms with Crippen molar-refractivity contribution >= 4 is 21.8 Å². The smallest absolute Gasteiger partial charge is 0.229 e. The molecule has 0 bridgehead atoms. The van der Waals surface area contributed by atoms with E-state index >= 15 is 0 Å². The summed E-state index contributed by atoms with van der Waals surface area (Å²) in [6, 6.07) is 30.3. The Morgan fingerprint density at radius 2 is 1.31 bits per heavy atom. The zero-order valence-corrected chi connectivity index (χ0v) is 22.2. The van der Waals surface area contributed by atoms with Crippen molar-refractivity contribution in [2.45, 2.75) is 44.6 Å². The molecular formula is C31H35BrN2O. The third-order valence-corrected chi connectivity index (χ3v) is 8.85. The first kappa shape index (κ1) is 24.3. The predicted octanol–water partition coefficient (Wildman–Crippen LogP) is 7.05. The van der Waals surface area contributed by atoms with Crippen LogP contribution in [-0.4, -0.2) is 41.9 Å². The lowest BCUT2D eigenvalue weighted by atomic mass is 9.77. The third-order valence-electron chi connectivity index (χ3n) is 8.32. The van der Waals surface area contributed by atoms with Crippen LogP contribution >= 0.6 is 15.9 Å². The second-order valence-electron chi connectivity index (χ2n) is 10.3. The van der Waals surface area contributed by atoms with E-state index in [2.05, 4.69) is 118 Å². The highest BCUT2D eigenvalue weighted by atomic mass is 79.9. The van der Waals surface area contributed by atoms with Crippen LogP contribution in [0.25, 0.3) is 0 Å². The SMILES string of the molecule is CC(c1ccc(Br)cc1)N1CCC2(CCN(CCC(c3ccccc3)c3ccccc3)CC2)C1=O. The van der Waals surface area contributed by atoms with Crippen molar-refractivity contribution in [2.24, 2.45) is 5.41 Å². The van der Waals surface area contributed by atoms with Crippen LogP contribution in [0.5, 0.6) is 0 Å². The molecule has 5 rings (SSSR count). The van der Waals surface area contributed by atoms with E-state index in [1.807, 2.05) is 0 Å². The Balaban J connectivity index is 1.20. The summed E-state index contributed by atoms with van der Waals surface area (Å²) in [5.74, 6) is 0.780. The van der Waals surface area contributed by atoms with Gasteiger partial charge in [-0.15, -0.1) is 0 Å². The predicted molar refractivity (Wildman–Crippen MR) is 146 cm³/mol. The van der Waals surface area contributed by atoms with Crippen molar-refractivity contribution in [3.8, 4) is 0 Å². The Kier molecular flexibility index (Phi) is 7.40. The first-order valence-corrected chi connectivity index (χ1v) is 13.7. The van der Waals surface area contributed by atoms with Gasteiger partial charge in [0.05, 0.1) is 11.5 Å². The number of hydrogen-bond acceptors (Lipinski definition) is 2. The second kappa shape index (κ2) is 10.7. The summed E-state index contributed by atoms with van der Waals surface area (Å²) in [4.78, 5) is 18.3. The van der Waals surface area contributed by atoms with E-state index in [1.54, 1.807) is 0 Å². The summed E-state index contributed by atoms with van der Waals surface area (Å²) >= 11 is 3.52. The highest BCUT2D eigenvalue weighted by Gasteiger charge is 2.49. The maximum atomic E-state index is 13.6. The monoisotopic (exact) mass is 530 g/mol. The number of amides is 1. The van der Waals surface area contributed by atoms with Gasteiger partial charge in [-0.05, 0) is 81.1 Å². The normalized spacial score (nSPS) is 18.9. The van der Waals surface area contributed by atoms with Gasteiger partial charge < -0.3 is 9.80 Å². The summed E-state index contributed by atoms with van der Waals surface area (Å²) in [7, 11) is 0. The first-order chi connectivity index (χ1) is 17.1. The number of nitrogens with zero attached hydrogens (tertiary/aromatic N) is 2. The van der Waals surface area contributed by atoms with Gasteiger partial charge in [0.25, 0.3) is 0 Å². The molecule has 3 aromatic carbocycles. The molecule has 2 aliphatic rings. The first-order valence-electron chi connectivity index (χ1n) is 12.9. The quantitative estimate of drug-likeness (QED) is 0.326. The Morgan fingerprint density at radius 1 is 0.771 bits per heavy atom. The zero-order chi connectivity index (χ0) is 24.3. The van der Waals surface area contributed by atoms with Crippen LogP contribution in [0, 0.1) is 5.41 Å². The molecule has 182 valence electrons. The number of benzene rings is 3. The molecule has 2 saturated heterocycles. The van der Waals surface area contributed by atoms with Gasteiger partial charge in [-0.2, -0.15) is 0 Å². The van der Waals surface area contributed by atoms with Crippen molar-refractivity contribution in [3.63, 3.8) is 0 Å². The standard InChI is InChI=1S/C31H35BrN2O/c1-24(25-12-14-28(32)15-13-25)34-23-19-31(30(34)35)17-21-33(22-18-31)20-16-29(26-8-4-2-5-9-26)27-10-6-3-7-11-27/h2-15,24,29H,16-23H2,1H3. The number of hydrogen-bond donors (Lipinski definition) is 0. The van der Waals surface area contributed by atoms with Crippen LogP contribution in [0.4, 0.5) is 0 Å². The fourth-order valence-corrected chi connectivity index (χ4v) is 6.28. The van der Waals surface area contributed by atoms with E-state index in [0.717, 1.165) is 56.3 Å². The van der Waals surface area contributed by atoms with E-state index < -0.39 is 0 Å². The molecule has 0 saturated carbocycles. The molecule has 1 amide bonds. The summed E-state index contributed by atoms with van der Waals surface area (Å²) in [5.41, 5.74) is 3.83. The Morgan fingerprint density at radius 3 is 1.89 bits per heavy atom. The number of rotatable bonds is 7.